The van der Waals surface area contributed by atoms with Gasteiger partial charge in [-0.25, -0.2) is 4.98 Å². The van der Waals surface area contributed by atoms with Crippen LogP contribution in [0.2, 0.25) is 0 Å². The van der Waals surface area contributed by atoms with Crippen molar-refractivity contribution in [1.29, 1.82) is 0 Å². The monoisotopic (exact) mass is 187 g/mol. The van der Waals surface area contributed by atoms with Crippen LogP contribution in [0, 0.1) is 0 Å². The molecular weight excluding hydrogens is 176 g/mol. The zero-order valence-corrected chi connectivity index (χ0v) is 8.27. The van der Waals surface area contributed by atoms with Gasteiger partial charge in [0, 0.05) is 12.3 Å². The van der Waals surface area contributed by atoms with Gasteiger partial charge in [-0.15, -0.1) is 0 Å². The van der Waals surface area contributed by atoms with Gasteiger partial charge in [0.1, 0.15) is 5.59 Å². The van der Waals surface area contributed by atoms with Crippen LogP contribution in [-0.2, 0) is 0 Å². The van der Waals surface area contributed by atoms with Crippen molar-refractivity contribution in [3.8, 4) is 5.88 Å². The number of pyridine rings is 1. The number of rotatable bonds is 3. The van der Waals surface area contributed by atoms with E-state index < -0.39 is 5.59 Å². The van der Waals surface area contributed by atoms with E-state index in [9.17, 15) is 0 Å². The normalized spacial score (nSPS) is 11.7. The molecule has 0 bridgehead atoms. The second kappa shape index (κ2) is 4.05. The van der Waals surface area contributed by atoms with E-state index in [1.807, 2.05) is 6.07 Å². The summed E-state index contributed by atoms with van der Waals surface area (Å²) in [5, 5.41) is 8.94. The van der Waals surface area contributed by atoms with Crippen LogP contribution < -0.4 is 4.74 Å². The highest BCUT2D eigenvalue weighted by molar-refractivity contribution is 6.37. The maximum atomic E-state index is 8.94. The molecule has 0 aliphatic rings. The van der Waals surface area contributed by atoms with Crippen LogP contribution in [-0.4, -0.2) is 31.4 Å². The van der Waals surface area contributed by atoms with E-state index in [0.717, 1.165) is 5.56 Å². The molecule has 0 aliphatic heterocycles. The SMILES string of the molecule is [B]C([B])(O)Oc1ccc(C(C)C)cn1. The highest BCUT2D eigenvalue weighted by Gasteiger charge is 2.13. The third-order valence-corrected chi connectivity index (χ3v) is 1.69. The fraction of sp³-hybridized carbons (Fsp3) is 0.444. The predicted molar refractivity (Wildman–Crippen MR) is 55.4 cm³/mol. The topological polar surface area (TPSA) is 42.4 Å². The molecule has 0 atom stereocenters. The lowest BCUT2D eigenvalue weighted by atomic mass is 9.77. The minimum Gasteiger partial charge on any atom is -0.465 e. The van der Waals surface area contributed by atoms with Gasteiger partial charge in [0.15, 0.2) is 15.7 Å². The van der Waals surface area contributed by atoms with Gasteiger partial charge in [-0.3, -0.25) is 0 Å². The number of hydrogen-bond acceptors (Lipinski definition) is 3. The van der Waals surface area contributed by atoms with Crippen molar-refractivity contribution in [2.45, 2.75) is 25.4 Å². The molecule has 3 nitrogen and oxygen atoms in total. The molecule has 0 amide bonds. The van der Waals surface area contributed by atoms with E-state index in [1.165, 1.54) is 0 Å². The van der Waals surface area contributed by atoms with Crippen molar-refractivity contribution < 1.29 is 9.84 Å². The van der Waals surface area contributed by atoms with Crippen molar-refractivity contribution in [2.75, 3.05) is 0 Å². The summed E-state index contributed by atoms with van der Waals surface area (Å²) in [7, 11) is 10.1. The first-order chi connectivity index (χ1) is 6.38. The fourth-order valence-electron chi connectivity index (χ4n) is 0.961. The molecule has 1 aromatic rings. The number of aromatic nitrogens is 1. The predicted octanol–water partition coefficient (Wildman–Crippen LogP) is 0.524. The van der Waals surface area contributed by atoms with Crippen LogP contribution in [0.25, 0.3) is 0 Å². The zero-order valence-electron chi connectivity index (χ0n) is 8.27. The van der Waals surface area contributed by atoms with Crippen LogP contribution in [0.15, 0.2) is 18.3 Å². The van der Waals surface area contributed by atoms with E-state index in [4.69, 9.17) is 25.5 Å². The molecular formula is C9H11B2NO2. The lowest BCUT2D eigenvalue weighted by molar-refractivity contribution is 0.00919. The first-order valence-electron chi connectivity index (χ1n) is 4.33. The molecule has 14 heavy (non-hydrogen) atoms. The molecule has 0 aromatic carbocycles. The number of nitrogens with zero attached hydrogens (tertiary/aromatic N) is 1. The van der Waals surface area contributed by atoms with E-state index in [0.29, 0.717) is 5.92 Å². The quantitative estimate of drug-likeness (QED) is 0.553. The molecule has 1 rings (SSSR count). The molecule has 0 aliphatic carbocycles. The smallest absolute Gasteiger partial charge is 0.214 e. The molecule has 0 fully saturated rings. The molecule has 0 saturated heterocycles. The van der Waals surface area contributed by atoms with Crippen molar-refractivity contribution in [1.82, 2.24) is 4.98 Å². The summed E-state index contributed by atoms with van der Waals surface area (Å²) >= 11 is 0. The Morgan fingerprint density at radius 2 is 2.07 bits per heavy atom. The summed E-state index contributed by atoms with van der Waals surface area (Å²) in [4.78, 5) is 3.94. The minimum absolute atomic E-state index is 0.196. The van der Waals surface area contributed by atoms with Crippen molar-refractivity contribution in [3.05, 3.63) is 23.9 Å². The van der Waals surface area contributed by atoms with E-state index in [1.54, 1.807) is 12.3 Å². The Morgan fingerprint density at radius 3 is 2.43 bits per heavy atom. The molecule has 5 heteroatoms. The van der Waals surface area contributed by atoms with E-state index in [2.05, 4.69) is 18.8 Å². The first kappa shape index (κ1) is 11.1. The summed E-state index contributed by atoms with van der Waals surface area (Å²) in [5.41, 5.74) is -1.10. The standard InChI is InChI=1S/C9H11B2NO2/c1-6(2)7-3-4-8(12-5-7)14-9(10,11)13/h3-6,13H,1-2H3. The Morgan fingerprint density at radius 1 is 1.43 bits per heavy atom. The van der Waals surface area contributed by atoms with Crippen molar-refractivity contribution >= 4 is 15.7 Å². The van der Waals surface area contributed by atoms with E-state index >= 15 is 0 Å². The minimum atomic E-state index is -2.17. The van der Waals surface area contributed by atoms with Gasteiger partial charge in [0.25, 0.3) is 0 Å². The summed E-state index contributed by atoms with van der Waals surface area (Å²) < 4.78 is 4.74. The van der Waals surface area contributed by atoms with Gasteiger partial charge in [0.2, 0.25) is 5.88 Å². The van der Waals surface area contributed by atoms with Crippen molar-refractivity contribution in [2.24, 2.45) is 0 Å². The molecule has 1 aromatic heterocycles. The third-order valence-electron chi connectivity index (χ3n) is 1.69. The average molecular weight is 187 g/mol. The van der Waals surface area contributed by atoms with Crippen LogP contribution in [0.4, 0.5) is 0 Å². The lowest BCUT2D eigenvalue weighted by Crippen LogP contribution is -2.36. The molecule has 0 unspecified atom stereocenters. The van der Waals surface area contributed by atoms with Gasteiger partial charge in [-0.2, -0.15) is 0 Å². The summed E-state index contributed by atoms with van der Waals surface area (Å²) in [5.74, 6) is 0.591. The Hall–Kier alpha value is -0.960. The fourth-order valence-corrected chi connectivity index (χ4v) is 0.961. The molecule has 1 N–H and O–H groups in total. The van der Waals surface area contributed by atoms with Crippen molar-refractivity contribution in [3.63, 3.8) is 0 Å². The van der Waals surface area contributed by atoms with Crippen LogP contribution >= 0.6 is 0 Å². The lowest BCUT2D eigenvalue weighted by Gasteiger charge is -2.20. The van der Waals surface area contributed by atoms with Crippen LogP contribution in [0.1, 0.15) is 25.3 Å². The third kappa shape index (κ3) is 3.42. The summed E-state index contributed by atoms with van der Waals surface area (Å²) in [6.45, 7) is 4.11. The number of ether oxygens (including phenoxy) is 1. The Kier molecular flexibility index (Phi) is 3.21. The summed E-state index contributed by atoms with van der Waals surface area (Å²) in [6.07, 6.45) is 1.66. The van der Waals surface area contributed by atoms with Gasteiger partial charge in [-0.1, -0.05) is 19.9 Å². The van der Waals surface area contributed by atoms with Gasteiger partial charge in [-0.05, 0) is 11.5 Å². The average Bonchev–Trinajstić information content (AvgIpc) is 2.02. The molecule has 4 radical (unpaired) electrons. The maximum Gasteiger partial charge on any atom is 0.214 e. The molecule has 0 saturated carbocycles. The second-order valence-electron chi connectivity index (χ2n) is 3.44. The molecule has 0 spiro atoms. The molecule has 1 heterocycles. The Balaban J connectivity index is 2.74. The zero-order chi connectivity index (χ0) is 10.8. The highest BCUT2D eigenvalue weighted by Crippen LogP contribution is 2.16. The highest BCUT2D eigenvalue weighted by atomic mass is 16.6. The summed E-state index contributed by atoms with van der Waals surface area (Å²) in [6, 6.07) is 3.46. The van der Waals surface area contributed by atoms with Gasteiger partial charge in [0.05, 0.1) is 0 Å². The van der Waals surface area contributed by atoms with Gasteiger partial charge >= 0.3 is 0 Å². The second-order valence-corrected chi connectivity index (χ2v) is 3.44. The Bertz CT molecular complexity index is 293. The molecule has 70 valence electrons. The van der Waals surface area contributed by atoms with Crippen LogP contribution in [0.5, 0.6) is 5.88 Å². The van der Waals surface area contributed by atoms with Gasteiger partial charge < -0.3 is 9.84 Å². The Labute approximate surface area is 86.3 Å². The van der Waals surface area contributed by atoms with Crippen LogP contribution in [0.3, 0.4) is 0 Å². The largest absolute Gasteiger partial charge is 0.465 e. The first-order valence-corrected chi connectivity index (χ1v) is 4.33. The van der Waals surface area contributed by atoms with E-state index in [-0.39, 0.29) is 5.88 Å². The number of hydrogen-bond donors (Lipinski definition) is 1. The number of aliphatic hydroxyl groups is 1. The maximum absolute atomic E-state index is 8.94.